The molecular weight excluding hydrogens is 332 g/mol. The molecule has 0 radical (unpaired) electrons. The summed E-state index contributed by atoms with van der Waals surface area (Å²) < 4.78 is 4.68. The minimum atomic E-state index is -0.387. The summed E-state index contributed by atoms with van der Waals surface area (Å²) in [7, 11) is 1.34. The molecule has 1 amide bonds. The van der Waals surface area contributed by atoms with Gasteiger partial charge < -0.3 is 15.0 Å². The smallest absolute Gasteiger partial charge is 0.337 e. The quantitative estimate of drug-likeness (QED) is 0.850. The van der Waals surface area contributed by atoms with Crippen LogP contribution in [0, 0.1) is 5.92 Å². The summed E-state index contributed by atoms with van der Waals surface area (Å²) in [5.74, 6) is 0.736. The van der Waals surface area contributed by atoms with E-state index in [2.05, 4.69) is 26.9 Å². The first kappa shape index (κ1) is 17.8. The van der Waals surface area contributed by atoms with Crippen LogP contribution >= 0.6 is 0 Å². The van der Waals surface area contributed by atoms with Crippen LogP contribution in [0.4, 0.5) is 11.5 Å². The maximum absolute atomic E-state index is 12.6. The molecule has 0 unspecified atom stereocenters. The van der Waals surface area contributed by atoms with Gasteiger partial charge in [0.1, 0.15) is 17.8 Å². The largest absolute Gasteiger partial charge is 0.465 e. The van der Waals surface area contributed by atoms with E-state index >= 15 is 0 Å². The fourth-order valence-electron chi connectivity index (χ4n) is 2.87. The molecule has 1 fully saturated rings. The molecule has 1 aliphatic rings. The van der Waals surface area contributed by atoms with Crippen LogP contribution in [0.25, 0.3) is 0 Å². The number of nitrogens with one attached hydrogen (secondary N) is 1. The standard InChI is InChI=1S/C19H22N4O3/c1-13-7-9-23(10-8-13)18(24)16-11-17(21-12-20-16)22-15-5-3-14(4-6-15)19(25)26-2/h3-6,11-13H,7-10H2,1-2H3,(H,20,21,22). The summed E-state index contributed by atoms with van der Waals surface area (Å²) in [4.78, 5) is 34.2. The van der Waals surface area contributed by atoms with Crippen molar-refractivity contribution in [2.24, 2.45) is 5.92 Å². The number of methoxy groups -OCH3 is 1. The molecule has 3 rings (SSSR count). The number of nitrogens with zero attached hydrogens (tertiary/aromatic N) is 3. The molecule has 0 spiro atoms. The Morgan fingerprint density at radius 2 is 1.85 bits per heavy atom. The molecule has 136 valence electrons. The van der Waals surface area contributed by atoms with E-state index < -0.39 is 0 Å². The Kier molecular flexibility index (Phi) is 5.46. The van der Waals surface area contributed by atoms with Crippen LogP contribution in [0.15, 0.2) is 36.7 Å². The molecule has 0 bridgehead atoms. The Bertz CT molecular complexity index is 784. The maximum atomic E-state index is 12.6. The van der Waals surface area contributed by atoms with Crippen LogP contribution < -0.4 is 5.32 Å². The fourth-order valence-corrected chi connectivity index (χ4v) is 2.87. The van der Waals surface area contributed by atoms with E-state index in [1.165, 1.54) is 13.4 Å². The van der Waals surface area contributed by atoms with Crippen molar-refractivity contribution in [2.45, 2.75) is 19.8 Å². The third kappa shape index (κ3) is 4.17. The second-order valence-corrected chi connectivity index (χ2v) is 6.46. The monoisotopic (exact) mass is 354 g/mol. The highest BCUT2D eigenvalue weighted by molar-refractivity contribution is 5.93. The van der Waals surface area contributed by atoms with Gasteiger partial charge in [-0.25, -0.2) is 14.8 Å². The van der Waals surface area contributed by atoms with Gasteiger partial charge in [-0.3, -0.25) is 4.79 Å². The number of hydrogen-bond acceptors (Lipinski definition) is 6. The summed E-state index contributed by atoms with van der Waals surface area (Å²) in [5, 5.41) is 3.12. The average molecular weight is 354 g/mol. The maximum Gasteiger partial charge on any atom is 0.337 e. The molecule has 26 heavy (non-hydrogen) atoms. The summed E-state index contributed by atoms with van der Waals surface area (Å²) in [5.41, 5.74) is 1.60. The number of hydrogen-bond donors (Lipinski definition) is 1. The van der Waals surface area contributed by atoms with Gasteiger partial charge in [-0.05, 0) is 43.0 Å². The zero-order valence-electron chi connectivity index (χ0n) is 14.9. The molecule has 1 aromatic carbocycles. The van der Waals surface area contributed by atoms with Gasteiger partial charge in [0.25, 0.3) is 5.91 Å². The predicted molar refractivity (Wildman–Crippen MR) is 97.4 cm³/mol. The molecule has 1 N–H and O–H groups in total. The Morgan fingerprint density at radius 1 is 1.15 bits per heavy atom. The van der Waals surface area contributed by atoms with Gasteiger partial charge in [-0.15, -0.1) is 0 Å². The first-order chi connectivity index (χ1) is 12.6. The molecule has 0 saturated carbocycles. The van der Waals surface area contributed by atoms with Crippen LogP contribution in [-0.2, 0) is 4.74 Å². The van der Waals surface area contributed by atoms with Gasteiger partial charge in [-0.2, -0.15) is 0 Å². The molecular formula is C19H22N4O3. The molecule has 0 atom stereocenters. The normalized spacial score (nSPS) is 14.8. The van der Waals surface area contributed by atoms with E-state index in [4.69, 9.17) is 0 Å². The van der Waals surface area contributed by atoms with Crippen LogP contribution in [0.1, 0.15) is 40.6 Å². The fraction of sp³-hybridized carbons (Fsp3) is 0.368. The highest BCUT2D eigenvalue weighted by atomic mass is 16.5. The lowest BCUT2D eigenvalue weighted by Crippen LogP contribution is -2.38. The van der Waals surface area contributed by atoms with Crippen LogP contribution in [0.2, 0.25) is 0 Å². The van der Waals surface area contributed by atoms with E-state index in [9.17, 15) is 9.59 Å². The van der Waals surface area contributed by atoms with E-state index in [0.717, 1.165) is 31.6 Å². The van der Waals surface area contributed by atoms with Gasteiger partial charge in [0.2, 0.25) is 0 Å². The van der Waals surface area contributed by atoms with Crippen molar-refractivity contribution in [3.63, 3.8) is 0 Å². The number of anilines is 2. The van der Waals surface area contributed by atoms with E-state index in [-0.39, 0.29) is 11.9 Å². The van der Waals surface area contributed by atoms with Gasteiger partial charge in [0.15, 0.2) is 0 Å². The number of amides is 1. The lowest BCUT2D eigenvalue weighted by Gasteiger charge is -2.30. The second kappa shape index (κ2) is 7.95. The summed E-state index contributed by atoms with van der Waals surface area (Å²) in [6.07, 6.45) is 3.42. The number of ether oxygens (including phenoxy) is 1. The number of aromatic nitrogens is 2. The van der Waals surface area contributed by atoms with E-state index in [1.54, 1.807) is 30.3 Å². The molecule has 0 aliphatic carbocycles. The molecule has 1 saturated heterocycles. The number of esters is 1. The summed E-state index contributed by atoms with van der Waals surface area (Å²) in [6.45, 7) is 3.74. The first-order valence-corrected chi connectivity index (χ1v) is 8.63. The lowest BCUT2D eigenvalue weighted by molar-refractivity contribution is 0.0600. The lowest BCUT2D eigenvalue weighted by atomic mass is 9.99. The Hall–Kier alpha value is -2.96. The predicted octanol–water partition coefficient (Wildman–Crippen LogP) is 2.88. The third-order valence-electron chi connectivity index (χ3n) is 4.54. The van der Waals surface area contributed by atoms with Crippen LogP contribution in [0.3, 0.4) is 0 Å². The van der Waals surface area contributed by atoms with Crippen molar-refractivity contribution in [3.8, 4) is 0 Å². The first-order valence-electron chi connectivity index (χ1n) is 8.63. The number of benzene rings is 1. The summed E-state index contributed by atoms with van der Waals surface area (Å²) in [6, 6.07) is 8.48. The zero-order valence-corrected chi connectivity index (χ0v) is 14.9. The second-order valence-electron chi connectivity index (χ2n) is 6.46. The molecule has 7 nitrogen and oxygen atoms in total. The van der Waals surface area contributed by atoms with Crippen LogP contribution in [0.5, 0.6) is 0 Å². The Labute approximate surface area is 152 Å². The van der Waals surface area contributed by atoms with Crippen molar-refractivity contribution < 1.29 is 14.3 Å². The van der Waals surface area contributed by atoms with Crippen molar-refractivity contribution >= 4 is 23.4 Å². The molecule has 2 aromatic rings. The van der Waals surface area contributed by atoms with Crippen molar-refractivity contribution in [1.82, 2.24) is 14.9 Å². The minimum Gasteiger partial charge on any atom is -0.465 e. The average Bonchev–Trinajstić information content (AvgIpc) is 2.68. The zero-order chi connectivity index (χ0) is 18.5. The highest BCUT2D eigenvalue weighted by Gasteiger charge is 2.22. The van der Waals surface area contributed by atoms with Gasteiger partial charge in [0.05, 0.1) is 12.7 Å². The highest BCUT2D eigenvalue weighted by Crippen LogP contribution is 2.19. The third-order valence-corrected chi connectivity index (χ3v) is 4.54. The van der Waals surface area contributed by atoms with Gasteiger partial charge in [-0.1, -0.05) is 6.92 Å². The molecule has 2 heterocycles. The van der Waals surface area contributed by atoms with Crippen molar-refractivity contribution in [2.75, 3.05) is 25.5 Å². The number of carbonyl (C=O) groups is 2. The van der Waals surface area contributed by atoms with Gasteiger partial charge >= 0.3 is 5.97 Å². The molecule has 1 aromatic heterocycles. The van der Waals surface area contributed by atoms with Crippen molar-refractivity contribution in [1.29, 1.82) is 0 Å². The number of carbonyl (C=O) groups excluding carboxylic acids is 2. The molecule has 1 aliphatic heterocycles. The summed E-state index contributed by atoms with van der Waals surface area (Å²) >= 11 is 0. The van der Waals surface area contributed by atoms with E-state index in [1.807, 2.05) is 4.90 Å². The SMILES string of the molecule is COC(=O)c1ccc(Nc2cc(C(=O)N3CCC(C)CC3)ncn2)cc1. The minimum absolute atomic E-state index is 0.0663. The van der Waals surface area contributed by atoms with Gasteiger partial charge in [0, 0.05) is 24.8 Å². The van der Waals surface area contributed by atoms with Crippen molar-refractivity contribution in [3.05, 3.63) is 47.9 Å². The Balaban J connectivity index is 1.69. The number of piperidine rings is 1. The topological polar surface area (TPSA) is 84.4 Å². The number of likely N-dealkylation sites (tertiary alicyclic amines) is 1. The van der Waals surface area contributed by atoms with Crippen LogP contribution in [-0.4, -0.2) is 46.9 Å². The number of rotatable bonds is 4. The molecule has 7 heteroatoms. The van der Waals surface area contributed by atoms with E-state index in [0.29, 0.717) is 23.0 Å². The Morgan fingerprint density at radius 3 is 2.50 bits per heavy atom.